The highest BCUT2D eigenvalue weighted by Crippen LogP contribution is 2.22. The van der Waals surface area contributed by atoms with E-state index in [1.165, 1.54) is 18.4 Å². The molecule has 6 heteroatoms. The van der Waals surface area contributed by atoms with Crippen molar-refractivity contribution in [3.63, 3.8) is 0 Å². The summed E-state index contributed by atoms with van der Waals surface area (Å²) >= 11 is 0. The second-order valence-electron chi connectivity index (χ2n) is 7.51. The molecule has 0 amide bonds. The molecule has 1 aliphatic rings. The van der Waals surface area contributed by atoms with Crippen LogP contribution in [-0.4, -0.2) is 43.6 Å². The largest absolute Gasteiger partial charge is 0.366 e. The highest BCUT2D eigenvalue weighted by Gasteiger charge is 2.21. The van der Waals surface area contributed by atoms with E-state index in [4.69, 9.17) is 10.1 Å². The zero-order chi connectivity index (χ0) is 18.8. The van der Waals surface area contributed by atoms with Crippen LogP contribution in [0.15, 0.2) is 30.6 Å². The van der Waals surface area contributed by atoms with Crippen molar-refractivity contribution in [2.45, 2.75) is 52.6 Å². The van der Waals surface area contributed by atoms with Gasteiger partial charge >= 0.3 is 0 Å². The van der Waals surface area contributed by atoms with Crippen LogP contribution >= 0.6 is 0 Å². The molecular formula is C21H28N6. The maximum atomic E-state index is 4.78. The van der Waals surface area contributed by atoms with Crippen molar-refractivity contribution in [2.75, 3.05) is 18.4 Å². The number of likely N-dealkylation sites (tertiary alicyclic amines) is 1. The minimum Gasteiger partial charge on any atom is -0.366 e. The molecule has 27 heavy (non-hydrogen) atoms. The van der Waals surface area contributed by atoms with E-state index in [0.29, 0.717) is 6.04 Å². The number of rotatable bonds is 5. The Hall–Kier alpha value is -2.47. The Labute approximate surface area is 160 Å². The minimum atomic E-state index is 0.413. The van der Waals surface area contributed by atoms with Gasteiger partial charge in [-0.1, -0.05) is 13.0 Å². The predicted molar refractivity (Wildman–Crippen MR) is 108 cm³/mol. The summed E-state index contributed by atoms with van der Waals surface area (Å²) in [6.07, 6.45) is 7.09. The molecule has 1 aliphatic heterocycles. The van der Waals surface area contributed by atoms with Crippen molar-refractivity contribution >= 4 is 11.5 Å². The average Bonchev–Trinajstić information content (AvgIpc) is 2.97. The van der Waals surface area contributed by atoms with Crippen molar-refractivity contribution < 1.29 is 0 Å². The summed E-state index contributed by atoms with van der Waals surface area (Å²) in [7, 11) is 0. The molecule has 142 valence electrons. The molecule has 4 rings (SSSR count). The Morgan fingerprint density at radius 2 is 2.19 bits per heavy atom. The van der Waals surface area contributed by atoms with E-state index in [0.717, 1.165) is 54.5 Å². The van der Waals surface area contributed by atoms with Crippen LogP contribution in [0.25, 0.3) is 5.65 Å². The number of aryl methyl sites for hydroxylation is 3. The molecule has 6 nitrogen and oxygen atoms in total. The number of aromatic nitrogens is 4. The van der Waals surface area contributed by atoms with E-state index in [1.807, 2.05) is 23.0 Å². The first-order valence-corrected chi connectivity index (χ1v) is 9.87. The van der Waals surface area contributed by atoms with Crippen LogP contribution in [-0.2, 0) is 13.0 Å². The van der Waals surface area contributed by atoms with Gasteiger partial charge in [0.05, 0.1) is 5.69 Å². The topological polar surface area (TPSA) is 58.4 Å². The Morgan fingerprint density at radius 3 is 2.96 bits per heavy atom. The van der Waals surface area contributed by atoms with Gasteiger partial charge in [0.1, 0.15) is 5.82 Å². The number of anilines is 1. The van der Waals surface area contributed by atoms with Gasteiger partial charge in [-0.05, 0) is 51.3 Å². The summed E-state index contributed by atoms with van der Waals surface area (Å²) in [5.74, 6) is 1.06. The maximum absolute atomic E-state index is 4.78. The molecule has 0 spiro atoms. The molecule has 0 aromatic carbocycles. The smallest absolute Gasteiger partial charge is 0.160 e. The first-order chi connectivity index (χ1) is 13.1. The summed E-state index contributed by atoms with van der Waals surface area (Å²) in [5.41, 5.74) is 5.56. The van der Waals surface area contributed by atoms with Crippen LogP contribution in [0.4, 0.5) is 5.82 Å². The maximum Gasteiger partial charge on any atom is 0.160 e. The van der Waals surface area contributed by atoms with Crippen LogP contribution in [0.1, 0.15) is 42.3 Å². The SMILES string of the molecule is CCc1cc(NC2CCCN(Cc3cccnc3)C2)n2nc(C)c(C)c2n1. The first kappa shape index (κ1) is 17.9. The van der Waals surface area contributed by atoms with Crippen LogP contribution < -0.4 is 5.32 Å². The number of hydrogen-bond donors (Lipinski definition) is 1. The molecule has 1 atom stereocenters. The third-order valence-electron chi connectivity index (χ3n) is 5.46. The number of nitrogens with one attached hydrogen (secondary N) is 1. The first-order valence-electron chi connectivity index (χ1n) is 9.87. The van der Waals surface area contributed by atoms with Gasteiger partial charge < -0.3 is 5.32 Å². The number of pyridine rings is 1. The fourth-order valence-electron chi connectivity index (χ4n) is 3.84. The predicted octanol–water partition coefficient (Wildman–Crippen LogP) is 3.38. The molecule has 0 bridgehead atoms. The molecule has 4 heterocycles. The minimum absolute atomic E-state index is 0.413. The number of nitrogens with zero attached hydrogens (tertiary/aromatic N) is 5. The third-order valence-corrected chi connectivity index (χ3v) is 5.46. The molecule has 0 radical (unpaired) electrons. The molecule has 0 aliphatic carbocycles. The zero-order valence-corrected chi connectivity index (χ0v) is 16.4. The van der Waals surface area contributed by atoms with E-state index in [2.05, 4.69) is 48.1 Å². The second-order valence-corrected chi connectivity index (χ2v) is 7.51. The summed E-state index contributed by atoms with van der Waals surface area (Å²) < 4.78 is 1.98. The van der Waals surface area contributed by atoms with Gasteiger partial charge in [0.25, 0.3) is 0 Å². The van der Waals surface area contributed by atoms with Gasteiger partial charge in [-0.25, -0.2) is 4.98 Å². The van der Waals surface area contributed by atoms with E-state index in [-0.39, 0.29) is 0 Å². The van der Waals surface area contributed by atoms with Gasteiger partial charge in [0.15, 0.2) is 5.65 Å². The zero-order valence-electron chi connectivity index (χ0n) is 16.4. The van der Waals surface area contributed by atoms with E-state index >= 15 is 0 Å². The molecular weight excluding hydrogens is 336 g/mol. The van der Waals surface area contributed by atoms with Crippen LogP contribution in [0.3, 0.4) is 0 Å². The lowest BCUT2D eigenvalue weighted by atomic mass is 10.0. The molecule has 1 fully saturated rings. The highest BCUT2D eigenvalue weighted by atomic mass is 15.3. The number of piperidine rings is 1. The fraction of sp³-hybridized carbons (Fsp3) is 0.476. The van der Waals surface area contributed by atoms with Gasteiger partial charge in [0, 0.05) is 48.8 Å². The highest BCUT2D eigenvalue weighted by molar-refractivity contribution is 5.56. The molecule has 1 N–H and O–H groups in total. The van der Waals surface area contributed by atoms with Crippen LogP contribution in [0.2, 0.25) is 0 Å². The number of fused-ring (bicyclic) bond motifs is 1. The van der Waals surface area contributed by atoms with Gasteiger partial charge in [-0.15, -0.1) is 0 Å². The standard InChI is InChI=1S/C21H28N6/c1-4-18-11-20(27-21(24-18)15(2)16(3)25-27)23-19-8-6-10-26(14-19)13-17-7-5-9-22-12-17/h5,7,9,11-12,19,23H,4,6,8,10,13-14H2,1-3H3. The van der Waals surface area contributed by atoms with Gasteiger partial charge in [-0.3, -0.25) is 9.88 Å². The average molecular weight is 364 g/mol. The Balaban J connectivity index is 1.54. The van der Waals surface area contributed by atoms with Gasteiger partial charge in [-0.2, -0.15) is 9.61 Å². The van der Waals surface area contributed by atoms with E-state index < -0.39 is 0 Å². The molecule has 1 saturated heterocycles. The lowest BCUT2D eigenvalue weighted by Crippen LogP contribution is -2.42. The quantitative estimate of drug-likeness (QED) is 0.752. The Bertz CT molecular complexity index is 917. The van der Waals surface area contributed by atoms with Crippen molar-refractivity contribution in [2.24, 2.45) is 0 Å². The summed E-state index contributed by atoms with van der Waals surface area (Å²) in [6, 6.07) is 6.73. The molecule has 3 aromatic heterocycles. The lowest BCUT2D eigenvalue weighted by Gasteiger charge is -2.33. The van der Waals surface area contributed by atoms with E-state index in [9.17, 15) is 0 Å². The van der Waals surface area contributed by atoms with Crippen molar-refractivity contribution in [1.29, 1.82) is 0 Å². The van der Waals surface area contributed by atoms with Crippen LogP contribution in [0.5, 0.6) is 0 Å². The third kappa shape index (κ3) is 3.81. The molecule has 3 aromatic rings. The summed E-state index contributed by atoms with van der Waals surface area (Å²) in [4.78, 5) is 11.5. The lowest BCUT2D eigenvalue weighted by molar-refractivity contribution is 0.208. The second kappa shape index (κ2) is 7.64. The molecule has 0 saturated carbocycles. The monoisotopic (exact) mass is 364 g/mol. The van der Waals surface area contributed by atoms with Crippen LogP contribution in [0, 0.1) is 13.8 Å². The van der Waals surface area contributed by atoms with Crippen molar-refractivity contribution in [3.8, 4) is 0 Å². The number of hydrogen-bond acceptors (Lipinski definition) is 5. The van der Waals surface area contributed by atoms with Crippen molar-refractivity contribution in [1.82, 2.24) is 24.5 Å². The van der Waals surface area contributed by atoms with Gasteiger partial charge in [0.2, 0.25) is 0 Å². The Morgan fingerprint density at radius 1 is 1.30 bits per heavy atom. The Kier molecular flexibility index (Phi) is 5.07. The normalized spacial score (nSPS) is 18.1. The fourth-order valence-corrected chi connectivity index (χ4v) is 3.84. The summed E-state index contributed by atoms with van der Waals surface area (Å²) in [6.45, 7) is 9.42. The summed E-state index contributed by atoms with van der Waals surface area (Å²) in [5, 5.41) is 8.47. The van der Waals surface area contributed by atoms with Crippen molar-refractivity contribution in [3.05, 3.63) is 53.1 Å². The molecule has 1 unspecified atom stereocenters. The van der Waals surface area contributed by atoms with E-state index in [1.54, 1.807) is 0 Å².